The van der Waals surface area contributed by atoms with Crippen molar-refractivity contribution < 1.29 is 4.39 Å². The van der Waals surface area contributed by atoms with E-state index in [1.165, 1.54) is 29.2 Å². The topological polar surface area (TPSA) is 104 Å². The minimum atomic E-state index is -0.354. The molecule has 0 fully saturated rings. The van der Waals surface area contributed by atoms with Gasteiger partial charge >= 0.3 is 0 Å². The van der Waals surface area contributed by atoms with Crippen molar-refractivity contribution in [2.75, 3.05) is 11.5 Å². The third kappa shape index (κ3) is 2.67. The first-order valence-electron chi connectivity index (χ1n) is 5.22. The van der Waals surface area contributed by atoms with Crippen LogP contribution in [0.2, 0.25) is 0 Å². The van der Waals surface area contributed by atoms with Crippen LogP contribution >= 0.6 is 39.0 Å². The quantitative estimate of drug-likeness (QED) is 0.712. The predicted molar refractivity (Wildman–Crippen MR) is 80.1 cm³/mol. The first kappa shape index (κ1) is 13.5. The zero-order chi connectivity index (χ0) is 14.3. The molecule has 0 saturated heterocycles. The minimum Gasteiger partial charge on any atom is -0.368 e. The summed E-state index contributed by atoms with van der Waals surface area (Å²) in [4.78, 5) is 15.9. The van der Waals surface area contributed by atoms with E-state index in [9.17, 15) is 4.39 Å². The Bertz CT molecular complexity index is 749. The molecule has 2 heterocycles. The lowest BCUT2D eigenvalue weighted by Crippen LogP contribution is -2.03. The van der Waals surface area contributed by atoms with Gasteiger partial charge in [-0.25, -0.2) is 9.37 Å². The van der Waals surface area contributed by atoms with E-state index in [-0.39, 0.29) is 17.7 Å². The van der Waals surface area contributed by atoms with Gasteiger partial charge in [-0.05, 0) is 33.8 Å². The van der Waals surface area contributed by atoms with Gasteiger partial charge < -0.3 is 11.5 Å². The van der Waals surface area contributed by atoms with E-state index in [1.807, 2.05) is 0 Å². The fraction of sp³-hybridized carbons (Fsp3) is 0. The number of benzene rings is 1. The molecule has 4 N–H and O–H groups in total. The van der Waals surface area contributed by atoms with Crippen molar-refractivity contribution in [3.63, 3.8) is 0 Å². The zero-order valence-electron chi connectivity index (χ0n) is 9.67. The summed E-state index contributed by atoms with van der Waals surface area (Å²) in [6.45, 7) is 0. The Morgan fingerprint density at radius 3 is 2.50 bits per heavy atom. The van der Waals surface area contributed by atoms with Crippen LogP contribution in [0.3, 0.4) is 0 Å². The van der Waals surface area contributed by atoms with E-state index in [2.05, 4.69) is 35.9 Å². The fourth-order valence-electron chi connectivity index (χ4n) is 1.46. The average Bonchev–Trinajstić information content (AvgIpc) is 2.69. The second-order valence-corrected chi connectivity index (χ2v) is 6.75. The number of nitrogen functional groups attached to an aromatic ring is 2. The van der Waals surface area contributed by atoms with Gasteiger partial charge in [0, 0.05) is 6.07 Å². The number of rotatable bonds is 2. The summed E-state index contributed by atoms with van der Waals surface area (Å²) >= 11 is 5.74. The van der Waals surface area contributed by atoms with Crippen LogP contribution in [0.1, 0.15) is 0 Å². The summed E-state index contributed by atoms with van der Waals surface area (Å²) in [6, 6.07) is 3.05. The number of hydrogen-bond donors (Lipinski definition) is 2. The highest BCUT2D eigenvalue weighted by Gasteiger charge is 2.11. The summed E-state index contributed by atoms with van der Waals surface area (Å²) in [5.74, 6) is -0.252. The summed E-state index contributed by atoms with van der Waals surface area (Å²) in [7, 11) is 0. The average molecular weight is 373 g/mol. The Morgan fingerprint density at radius 2 is 1.80 bits per heavy atom. The van der Waals surface area contributed by atoms with Gasteiger partial charge in [0.25, 0.3) is 0 Å². The lowest BCUT2D eigenvalue weighted by Gasteiger charge is -1.98. The van der Waals surface area contributed by atoms with Crippen LogP contribution in [-0.4, -0.2) is 19.9 Å². The summed E-state index contributed by atoms with van der Waals surface area (Å²) < 4.78 is 15.4. The molecular weight excluding hydrogens is 367 g/mol. The van der Waals surface area contributed by atoms with Crippen LogP contribution < -0.4 is 11.5 Å². The molecule has 3 rings (SSSR count). The van der Waals surface area contributed by atoms with Crippen molar-refractivity contribution in [2.24, 2.45) is 0 Å². The van der Waals surface area contributed by atoms with Crippen LogP contribution in [-0.2, 0) is 0 Å². The zero-order valence-corrected chi connectivity index (χ0v) is 12.9. The van der Waals surface area contributed by atoms with Gasteiger partial charge in [-0.3, -0.25) is 0 Å². The molecule has 0 saturated carbocycles. The third-order valence-electron chi connectivity index (χ3n) is 2.24. The minimum absolute atomic E-state index is 0.0508. The van der Waals surface area contributed by atoms with Crippen LogP contribution in [0.5, 0.6) is 0 Å². The highest BCUT2D eigenvalue weighted by atomic mass is 79.9. The molecule has 102 valence electrons. The molecule has 10 heteroatoms. The number of anilines is 2. The molecule has 0 aliphatic rings. The largest absolute Gasteiger partial charge is 0.368 e. The molecule has 20 heavy (non-hydrogen) atoms. The normalized spacial score (nSPS) is 11.1. The van der Waals surface area contributed by atoms with Gasteiger partial charge in [0.15, 0.2) is 4.34 Å². The number of fused-ring (bicyclic) bond motifs is 1. The number of aromatic nitrogens is 4. The Kier molecular flexibility index (Phi) is 3.44. The van der Waals surface area contributed by atoms with E-state index >= 15 is 0 Å². The molecule has 0 aliphatic carbocycles. The SMILES string of the molecule is Nc1nc(N)nc(Sc2nc3cc(F)c(Br)cc3s2)n1. The standard InChI is InChI=1S/C10H6BrFN6S2/c11-3-1-6-5(2-4(3)12)15-10(19-6)20-9-17-7(13)16-8(14)18-9/h1-2H,(H4,13,14,16,17,18). The Balaban J connectivity index is 1.98. The van der Waals surface area contributed by atoms with Gasteiger partial charge in [-0.2, -0.15) is 15.0 Å². The number of thiazole rings is 1. The van der Waals surface area contributed by atoms with Crippen molar-refractivity contribution in [3.05, 3.63) is 22.4 Å². The highest BCUT2D eigenvalue weighted by molar-refractivity contribution is 9.10. The van der Waals surface area contributed by atoms with Gasteiger partial charge in [0.1, 0.15) is 5.82 Å². The molecule has 0 amide bonds. The number of nitrogens with two attached hydrogens (primary N) is 2. The van der Waals surface area contributed by atoms with Gasteiger partial charge in [-0.1, -0.05) is 0 Å². The molecule has 0 unspecified atom stereocenters. The summed E-state index contributed by atoms with van der Waals surface area (Å²) in [5.41, 5.74) is 11.6. The molecular formula is C10H6BrFN6S2. The maximum atomic E-state index is 13.4. The van der Waals surface area contributed by atoms with E-state index < -0.39 is 0 Å². The van der Waals surface area contributed by atoms with Gasteiger partial charge in [-0.15, -0.1) is 11.3 Å². The van der Waals surface area contributed by atoms with Crippen LogP contribution in [0.4, 0.5) is 16.3 Å². The molecule has 0 spiro atoms. The molecule has 0 atom stereocenters. The second-order valence-electron chi connectivity index (χ2n) is 3.65. The summed E-state index contributed by atoms with van der Waals surface area (Å²) in [5, 5.41) is 0.355. The Morgan fingerprint density at radius 1 is 1.10 bits per heavy atom. The second kappa shape index (κ2) is 5.11. The van der Waals surface area contributed by atoms with E-state index in [1.54, 1.807) is 6.07 Å². The Hall–Kier alpha value is -1.52. The monoisotopic (exact) mass is 372 g/mol. The maximum Gasteiger partial charge on any atom is 0.225 e. The number of nitrogens with zero attached hydrogens (tertiary/aromatic N) is 4. The van der Waals surface area contributed by atoms with Crippen LogP contribution in [0, 0.1) is 5.82 Å². The first-order valence-corrected chi connectivity index (χ1v) is 7.64. The summed E-state index contributed by atoms with van der Waals surface area (Å²) in [6.07, 6.45) is 0. The third-order valence-corrected chi connectivity index (χ3v) is 4.79. The van der Waals surface area contributed by atoms with Gasteiger partial charge in [0.05, 0.1) is 14.7 Å². The van der Waals surface area contributed by atoms with E-state index in [4.69, 9.17) is 11.5 Å². The molecule has 0 bridgehead atoms. The van der Waals surface area contributed by atoms with Crippen molar-refractivity contribution >= 4 is 61.1 Å². The van der Waals surface area contributed by atoms with Crippen molar-refractivity contribution in [3.8, 4) is 0 Å². The van der Waals surface area contributed by atoms with E-state index in [0.717, 1.165) is 4.70 Å². The lowest BCUT2D eigenvalue weighted by atomic mass is 10.3. The maximum absolute atomic E-state index is 13.4. The molecule has 2 aromatic heterocycles. The molecule has 1 aromatic carbocycles. The number of hydrogen-bond acceptors (Lipinski definition) is 8. The molecule has 6 nitrogen and oxygen atoms in total. The van der Waals surface area contributed by atoms with Crippen molar-refractivity contribution in [2.45, 2.75) is 9.50 Å². The smallest absolute Gasteiger partial charge is 0.225 e. The molecule has 3 aromatic rings. The van der Waals surface area contributed by atoms with E-state index in [0.29, 0.717) is 19.5 Å². The molecule has 0 aliphatic heterocycles. The predicted octanol–water partition coefficient (Wildman–Crippen LogP) is 2.70. The van der Waals surface area contributed by atoms with Gasteiger partial charge in [0.2, 0.25) is 17.1 Å². The number of halogens is 2. The first-order chi connectivity index (χ1) is 9.51. The lowest BCUT2D eigenvalue weighted by molar-refractivity contribution is 0.623. The van der Waals surface area contributed by atoms with Crippen molar-refractivity contribution in [1.82, 2.24) is 19.9 Å². The van der Waals surface area contributed by atoms with Crippen LogP contribution in [0.15, 0.2) is 26.1 Å². The fourth-order valence-corrected chi connectivity index (χ4v) is 3.91. The Labute approximate surface area is 129 Å². The molecule has 0 radical (unpaired) electrons. The van der Waals surface area contributed by atoms with Crippen molar-refractivity contribution in [1.29, 1.82) is 0 Å². The van der Waals surface area contributed by atoms with Crippen LogP contribution in [0.25, 0.3) is 10.2 Å². The highest BCUT2D eigenvalue weighted by Crippen LogP contribution is 2.35.